The summed E-state index contributed by atoms with van der Waals surface area (Å²) < 4.78 is 14.7. The van der Waals surface area contributed by atoms with Gasteiger partial charge in [-0.05, 0) is 31.5 Å². The Kier molecular flexibility index (Phi) is 2.07. The molecule has 0 saturated heterocycles. The van der Waals surface area contributed by atoms with Crippen LogP contribution in [0.5, 0.6) is 0 Å². The average Bonchev–Trinajstić information content (AvgIpc) is 2.20. The third-order valence-corrected chi connectivity index (χ3v) is 2.66. The fourth-order valence-corrected chi connectivity index (χ4v) is 1.60. The maximum Gasteiger partial charge on any atom is 0.261 e. The van der Waals surface area contributed by atoms with Crippen molar-refractivity contribution in [3.63, 3.8) is 0 Å². The number of nitrogens with zero attached hydrogens (tertiary/aromatic N) is 2. The second-order valence-electron chi connectivity index (χ2n) is 3.59. The van der Waals surface area contributed by atoms with Crippen LogP contribution < -0.4 is 5.56 Å². The zero-order valence-corrected chi connectivity index (χ0v) is 8.84. The summed E-state index contributed by atoms with van der Waals surface area (Å²) in [6, 6.07) is 2.87. The van der Waals surface area contributed by atoms with Crippen molar-refractivity contribution in [2.45, 2.75) is 13.8 Å². The van der Waals surface area contributed by atoms with Crippen LogP contribution in [-0.2, 0) is 7.05 Å². The molecule has 0 atom stereocenters. The highest BCUT2D eigenvalue weighted by Crippen LogP contribution is 2.15. The van der Waals surface area contributed by atoms with Crippen LogP contribution in [0.15, 0.2) is 16.9 Å². The van der Waals surface area contributed by atoms with Crippen molar-refractivity contribution in [2.75, 3.05) is 0 Å². The molecule has 0 saturated carbocycles. The van der Waals surface area contributed by atoms with E-state index >= 15 is 0 Å². The van der Waals surface area contributed by atoms with Crippen LogP contribution in [0.1, 0.15) is 11.4 Å². The molecule has 2 aromatic rings. The smallest absolute Gasteiger partial charge is 0.261 e. The minimum absolute atomic E-state index is 0.200. The first-order valence-electron chi connectivity index (χ1n) is 4.65. The van der Waals surface area contributed by atoms with Crippen molar-refractivity contribution >= 4 is 10.9 Å². The highest BCUT2D eigenvalue weighted by Gasteiger charge is 2.10. The van der Waals surface area contributed by atoms with E-state index in [-0.39, 0.29) is 11.4 Å². The van der Waals surface area contributed by atoms with E-state index in [0.29, 0.717) is 22.3 Å². The Morgan fingerprint density at radius 1 is 1.33 bits per heavy atom. The first-order valence-corrected chi connectivity index (χ1v) is 4.65. The molecule has 15 heavy (non-hydrogen) atoms. The highest BCUT2D eigenvalue weighted by molar-refractivity contribution is 5.81. The minimum Gasteiger partial charge on any atom is -0.299 e. The number of hydrogen-bond donors (Lipinski definition) is 0. The van der Waals surface area contributed by atoms with E-state index in [4.69, 9.17) is 0 Å². The predicted octanol–water partition coefficient (Wildman–Crippen LogP) is 1.69. The fraction of sp³-hybridized carbons (Fsp3) is 0.273. The lowest BCUT2D eigenvalue weighted by molar-refractivity contribution is 0.620. The van der Waals surface area contributed by atoms with E-state index in [9.17, 15) is 9.18 Å². The van der Waals surface area contributed by atoms with Crippen LogP contribution in [0.3, 0.4) is 0 Å². The van der Waals surface area contributed by atoms with Crippen LogP contribution in [0.2, 0.25) is 0 Å². The molecular weight excluding hydrogens is 195 g/mol. The fourth-order valence-electron chi connectivity index (χ4n) is 1.60. The predicted molar refractivity (Wildman–Crippen MR) is 56.4 cm³/mol. The van der Waals surface area contributed by atoms with Gasteiger partial charge in [0.2, 0.25) is 0 Å². The number of aryl methyl sites for hydroxylation is 2. The first kappa shape index (κ1) is 9.83. The summed E-state index contributed by atoms with van der Waals surface area (Å²) in [6.07, 6.45) is 0. The quantitative estimate of drug-likeness (QED) is 0.657. The topological polar surface area (TPSA) is 34.9 Å². The van der Waals surface area contributed by atoms with Crippen molar-refractivity contribution in [1.82, 2.24) is 9.55 Å². The zero-order valence-electron chi connectivity index (χ0n) is 8.84. The van der Waals surface area contributed by atoms with Crippen molar-refractivity contribution < 1.29 is 4.39 Å². The largest absolute Gasteiger partial charge is 0.299 e. The van der Waals surface area contributed by atoms with Gasteiger partial charge in [-0.25, -0.2) is 9.37 Å². The van der Waals surface area contributed by atoms with Gasteiger partial charge in [0.05, 0.1) is 10.9 Å². The monoisotopic (exact) mass is 206 g/mol. The van der Waals surface area contributed by atoms with Crippen LogP contribution >= 0.6 is 0 Å². The Labute approximate surface area is 86.2 Å². The second kappa shape index (κ2) is 3.15. The molecule has 0 aliphatic heterocycles. The molecule has 4 heteroatoms. The van der Waals surface area contributed by atoms with Gasteiger partial charge in [-0.3, -0.25) is 9.36 Å². The van der Waals surface area contributed by atoms with Gasteiger partial charge in [-0.15, -0.1) is 0 Å². The molecule has 0 spiro atoms. The summed E-state index contributed by atoms with van der Waals surface area (Å²) in [7, 11) is 1.63. The van der Waals surface area contributed by atoms with Crippen molar-refractivity contribution in [3.8, 4) is 0 Å². The summed E-state index contributed by atoms with van der Waals surface area (Å²) in [5.41, 5.74) is 0.713. The minimum atomic E-state index is -0.370. The molecule has 0 amide bonds. The van der Waals surface area contributed by atoms with Crippen LogP contribution in [0.4, 0.5) is 4.39 Å². The SMILES string of the molecule is Cc1c(F)ccc2nc(C)n(C)c(=O)c12. The molecule has 1 heterocycles. The van der Waals surface area contributed by atoms with Gasteiger partial charge in [-0.1, -0.05) is 0 Å². The Morgan fingerprint density at radius 3 is 2.67 bits per heavy atom. The van der Waals surface area contributed by atoms with Gasteiger partial charge in [0, 0.05) is 7.05 Å². The Balaban J connectivity index is 3.08. The van der Waals surface area contributed by atoms with Gasteiger partial charge in [0.15, 0.2) is 0 Å². The van der Waals surface area contributed by atoms with Crippen molar-refractivity contribution in [2.24, 2.45) is 7.05 Å². The molecular formula is C11H11FN2O. The number of rotatable bonds is 0. The molecule has 2 rings (SSSR count). The van der Waals surface area contributed by atoms with E-state index in [1.54, 1.807) is 20.9 Å². The lowest BCUT2D eigenvalue weighted by Crippen LogP contribution is -2.21. The zero-order chi connectivity index (χ0) is 11.2. The van der Waals surface area contributed by atoms with Crippen LogP contribution in [-0.4, -0.2) is 9.55 Å². The molecule has 0 unspecified atom stereocenters. The molecule has 0 N–H and O–H groups in total. The van der Waals surface area contributed by atoms with E-state index in [1.165, 1.54) is 16.7 Å². The van der Waals surface area contributed by atoms with E-state index in [2.05, 4.69) is 4.98 Å². The second-order valence-corrected chi connectivity index (χ2v) is 3.59. The summed E-state index contributed by atoms with van der Waals surface area (Å²) in [5.74, 6) is 0.253. The lowest BCUT2D eigenvalue weighted by atomic mass is 10.1. The highest BCUT2D eigenvalue weighted by atomic mass is 19.1. The molecule has 0 aliphatic rings. The van der Waals surface area contributed by atoms with Gasteiger partial charge < -0.3 is 0 Å². The molecule has 1 aromatic heterocycles. The maximum atomic E-state index is 13.3. The van der Waals surface area contributed by atoms with Crippen molar-refractivity contribution in [1.29, 1.82) is 0 Å². The molecule has 0 bridgehead atoms. The number of aromatic nitrogens is 2. The Bertz CT molecular complexity index is 602. The molecule has 0 radical (unpaired) electrons. The summed E-state index contributed by atoms with van der Waals surface area (Å²) in [4.78, 5) is 16.1. The van der Waals surface area contributed by atoms with Gasteiger partial charge in [0.25, 0.3) is 5.56 Å². The number of halogens is 1. The molecule has 0 aliphatic carbocycles. The standard InChI is InChI=1S/C11H11FN2O/c1-6-8(12)4-5-9-10(6)11(15)14(3)7(2)13-9/h4-5H,1-3H3. The molecule has 78 valence electrons. The molecule has 3 nitrogen and oxygen atoms in total. The summed E-state index contributed by atoms with van der Waals surface area (Å²) >= 11 is 0. The number of hydrogen-bond acceptors (Lipinski definition) is 2. The first-order chi connectivity index (χ1) is 7.02. The van der Waals surface area contributed by atoms with Crippen LogP contribution in [0.25, 0.3) is 10.9 Å². The third kappa shape index (κ3) is 1.33. The molecule has 0 fully saturated rings. The van der Waals surface area contributed by atoms with E-state index in [1.807, 2.05) is 0 Å². The lowest BCUT2D eigenvalue weighted by Gasteiger charge is -2.07. The Hall–Kier alpha value is -1.71. The number of benzene rings is 1. The van der Waals surface area contributed by atoms with E-state index in [0.717, 1.165) is 0 Å². The van der Waals surface area contributed by atoms with Crippen molar-refractivity contribution in [3.05, 3.63) is 39.7 Å². The normalized spacial score (nSPS) is 10.9. The van der Waals surface area contributed by atoms with Gasteiger partial charge in [0.1, 0.15) is 11.6 Å². The van der Waals surface area contributed by atoms with Crippen LogP contribution in [0, 0.1) is 19.7 Å². The average molecular weight is 206 g/mol. The van der Waals surface area contributed by atoms with E-state index < -0.39 is 0 Å². The summed E-state index contributed by atoms with van der Waals surface area (Å²) in [5, 5.41) is 0.364. The third-order valence-electron chi connectivity index (χ3n) is 2.66. The summed E-state index contributed by atoms with van der Waals surface area (Å²) in [6.45, 7) is 3.34. The number of fused-ring (bicyclic) bond motifs is 1. The Morgan fingerprint density at radius 2 is 2.00 bits per heavy atom. The maximum absolute atomic E-state index is 13.3. The van der Waals surface area contributed by atoms with Gasteiger partial charge in [-0.2, -0.15) is 0 Å². The molecule has 1 aromatic carbocycles. The van der Waals surface area contributed by atoms with Gasteiger partial charge >= 0.3 is 0 Å².